The van der Waals surface area contributed by atoms with Crippen LogP contribution in [0.2, 0.25) is 0 Å². The van der Waals surface area contributed by atoms with Gasteiger partial charge in [0, 0.05) is 4.92 Å². The summed E-state index contributed by atoms with van der Waals surface area (Å²) in [5.74, 6) is -0.595. The molecule has 1 atom stereocenters. The number of nitro benzene ring substituents is 1. The molecule has 2 aromatic rings. The number of aliphatic hydroxyl groups excluding tert-OH is 1. The van der Waals surface area contributed by atoms with Crippen LogP contribution in [0.1, 0.15) is 21.5 Å². The van der Waals surface area contributed by atoms with E-state index in [0.717, 1.165) is 4.47 Å². The van der Waals surface area contributed by atoms with Crippen LogP contribution in [0.25, 0.3) is 0 Å². The number of benzene rings is 2. The molecular formula is C15H9BrN2O4Os. The number of hydrogen-bond donors (Lipinski definition) is 2. The van der Waals surface area contributed by atoms with E-state index in [-0.39, 0.29) is 42.2 Å². The SMILES string of the molecule is NC1(c2[c-]cc(Br)cc2)C(=O)c2cccc([N+](=O)[O-])c2[C-]1O.[Os+2]. The van der Waals surface area contributed by atoms with Gasteiger partial charge in [-0.2, -0.15) is 24.3 Å². The van der Waals surface area contributed by atoms with Gasteiger partial charge in [0.2, 0.25) is 0 Å². The van der Waals surface area contributed by atoms with Crippen LogP contribution in [-0.4, -0.2) is 15.8 Å². The van der Waals surface area contributed by atoms with E-state index in [2.05, 4.69) is 22.0 Å². The Morgan fingerprint density at radius 2 is 2.04 bits per heavy atom. The van der Waals surface area contributed by atoms with E-state index in [9.17, 15) is 20.0 Å². The molecule has 0 aromatic heterocycles. The Kier molecular flexibility index (Phi) is 4.74. The van der Waals surface area contributed by atoms with Crippen molar-refractivity contribution in [1.29, 1.82) is 0 Å². The number of aliphatic hydroxyl groups is 1. The van der Waals surface area contributed by atoms with Gasteiger partial charge in [-0.3, -0.25) is 10.1 Å². The van der Waals surface area contributed by atoms with Crippen molar-refractivity contribution in [1.82, 2.24) is 0 Å². The third kappa shape index (κ3) is 2.52. The zero-order valence-electron chi connectivity index (χ0n) is 11.4. The predicted octanol–water partition coefficient (Wildman–Crippen LogP) is 2.46. The number of nitro groups is 1. The van der Waals surface area contributed by atoms with Crippen LogP contribution in [0, 0.1) is 22.3 Å². The van der Waals surface area contributed by atoms with Gasteiger partial charge in [0.1, 0.15) is 5.78 Å². The molecule has 1 aliphatic carbocycles. The fourth-order valence-electron chi connectivity index (χ4n) is 2.55. The molecule has 0 spiro atoms. The van der Waals surface area contributed by atoms with E-state index < -0.39 is 22.3 Å². The summed E-state index contributed by atoms with van der Waals surface area (Å²) in [7, 11) is 0. The Morgan fingerprint density at radius 1 is 1.35 bits per heavy atom. The summed E-state index contributed by atoms with van der Waals surface area (Å²) in [4.78, 5) is 23.1. The quantitative estimate of drug-likeness (QED) is 0.339. The average molecular weight is 551 g/mol. The molecule has 0 radical (unpaired) electrons. The van der Waals surface area contributed by atoms with Gasteiger partial charge >= 0.3 is 19.8 Å². The van der Waals surface area contributed by atoms with Gasteiger partial charge in [0.25, 0.3) is 0 Å². The molecule has 118 valence electrons. The molecule has 0 amide bonds. The second-order valence-electron chi connectivity index (χ2n) is 4.86. The Balaban J connectivity index is 0.00000192. The van der Waals surface area contributed by atoms with Crippen LogP contribution in [0.15, 0.2) is 40.9 Å². The van der Waals surface area contributed by atoms with Gasteiger partial charge in [0.15, 0.2) is 5.69 Å². The first kappa shape index (κ1) is 17.8. The average Bonchev–Trinajstić information content (AvgIpc) is 2.70. The summed E-state index contributed by atoms with van der Waals surface area (Å²) in [5.41, 5.74) is 4.06. The molecule has 0 bridgehead atoms. The van der Waals surface area contributed by atoms with Crippen LogP contribution in [0.5, 0.6) is 0 Å². The molecule has 6 nitrogen and oxygen atoms in total. The van der Waals surface area contributed by atoms with Crippen molar-refractivity contribution in [2.24, 2.45) is 5.73 Å². The smallest absolute Gasteiger partial charge is 0.423 e. The van der Waals surface area contributed by atoms with E-state index in [4.69, 9.17) is 5.73 Å². The summed E-state index contributed by atoms with van der Waals surface area (Å²) in [6, 6.07) is 11.6. The number of Topliss-reactive ketones (excluding diaryl/α,β-unsaturated/α-hetero) is 1. The minimum atomic E-state index is -1.87. The van der Waals surface area contributed by atoms with Crippen molar-refractivity contribution in [3.8, 4) is 0 Å². The van der Waals surface area contributed by atoms with Gasteiger partial charge in [-0.05, 0) is 12.2 Å². The summed E-state index contributed by atoms with van der Waals surface area (Å²) < 4.78 is 0.730. The third-order valence-electron chi connectivity index (χ3n) is 3.65. The number of ketones is 1. The monoisotopic (exact) mass is 552 g/mol. The molecule has 0 fully saturated rings. The minimum Gasteiger partial charge on any atom is -0.423 e. The van der Waals surface area contributed by atoms with Crippen LogP contribution in [-0.2, 0) is 25.3 Å². The van der Waals surface area contributed by atoms with Gasteiger partial charge in [-0.25, -0.2) is 0 Å². The van der Waals surface area contributed by atoms with Gasteiger partial charge in [0.05, 0.1) is 5.54 Å². The number of carbonyl (C=O) groups is 1. The first-order valence-corrected chi connectivity index (χ1v) is 7.02. The molecule has 23 heavy (non-hydrogen) atoms. The van der Waals surface area contributed by atoms with Gasteiger partial charge < -0.3 is 15.6 Å². The molecule has 0 aliphatic heterocycles. The van der Waals surface area contributed by atoms with Crippen molar-refractivity contribution in [3.63, 3.8) is 0 Å². The maximum absolute atomic E-state index is 12.6. The second kappa shape index (κ2) is 6.14. The zero-order valence-corrected chi connectivity index (χ0v) is 15.5. The first-order chi connectivity index (χ1) is 10.4. The predicted molar refractivity (Wildman–Crippen MR) is 80.6 cm³/mol. The Labute approximate surface area is 153 Å². The van der Waals surface area contributed by atoms with E-state index in [1.807, 2.05) is 0 Å². The summed E-state index contributed by atoms with van der Waals surface area (Å²) in [6.45, 7) is 0. The fraction of sp³-hybridized carbons (Fsp3) is 0.0667. The molecule has 1 unspecified atom stereocenters. The first-order valence-electron chi connectivity index (χ1n) is 6.23. The van der Waals surface area contributed by atoms with Crippen LogP contribution in [0.4, 0.5) is 5.69 Å². The van der Waals surface area contributed by atoms with Gasteiger partial charge in [-0.1, -0.05) is 21.7 Å². The molecule has 0 saturated carbocycles. The van der Waals surface area contributed by atoms with Gasteiger partial charge in [-0.15, -0.1) is 27.6 Å². The van der Waals surface area contributed by atoms with Crippen molar-refractivity contribution < 1.29 is 34.6 Å². The molecule has 2 aromatic carbocycles. The van der Waals surface area contributed by atoms with Crippen LogP contribution in [0.3, 0.4) is 0 Å². The normalized spacial score (nSPS) is 19.3. The zero-order chi connectivity index (χ0) is 16.1. The number of hydrogen-bond acceptors (Lipinski definition) is 5. The Hall–Kier alpha value is -1.58. The van der Waals surface area contributed by atoms with Crippen molar-refractivity contribution in [2.75, 3.05) is 0 Å². The molecule has 3 rings (SSSR count). The minimum absolute atomic E-state index is 0. The maximum atomic E-state index is 12.6. The molecular weight excluding hydrogens is 542 g/mol. The van der Waals surface area contributed by atoms with E-state index in [0.29, 0.717) is 0 Å². The van der Waals surface area contributed by atoms with Crippen molar-refractivity contribution >= 4 is 27.4 Å². The summed E-state index contributed by atoms with van der Waals surface area (Å²) >= 11 is 3.25. The van der Waals surface area contributed by atoms with Crippen molar-refractivity contribution in [2.45, 2.75) is 5.54 Å². The maximum Gasteiger partial charge on any atom is 2.00 e. The summed E-state index contributed by atoms with van der Waals surface area (Å²) in [6.07, 6.45) is -0.529. The molecule has 1 aliphatic rings. The molecule has 3 N–H and O–H groups in total. The van der Waals surface area contributed by atoms with Crippen LogP contribution >= 0.6 is 15.9 Å². The molecule has 0 heterocycles. The summed E-state index contributed by atoms with van der Waals surface area (Å²) in [5, 5.41) is 21.6. The number of rotatable bonds is 2. The van der Waals surface area contributed by atoms with E-state index >= 15 is 0 Å². The number of nitrogens with zero attached hydrogens (tertiary/aromatic N) is 1. The van der Waals surface area contributed by atoms with E-state index in [1.165, 1.54) is 24.3 Å². The number of carbonyl (C=O) groups excluding carboxylic acids is 1. The molecule has 0 saturated heterocycles. The molecule has 8 heteroatoms. The third-order valence-corrected chi connectivity index (χ3v) is 4.15. The number of nitrogens with two attached hydrogens (primary N) is 1. The van der Waals surface area contributed by atoms with Crippen LogP contribution < -0.4 is 5.73 Å². The second-order valence-corrected chi connectivity index (χ2v) is 5.78. The Bertz CT molecular complexity index is 797. The standard InChI is InChI=1S/C15H9BrN2O4.Os/c16-9-6-4-8(5-7-9)15(17)13(19)10-2-1-3-11(18(21)22)12(10)14(15)20;/h1-4,6-7,20H,17H2;/q-2;+2. The van der Waals surface area contributed by atoms with Crippen molar-refractivity contribution in [3.05, 3.63) is 79.8 Å². The van der Waals surface area contributed by atoms with E-state index in [1.54, 1.807) is 12.1 Å². The fourth-order valence-corrected chi connectivity index (χ4v) is 2.80. The largest absolute Gasteiger partial charge is 2.00 e. The topological polar surface area (TPSA) is 106 Å². The number of halogens is 1. The Morgan fingerprint density at radius 3 is 2.61 bits per heavy atom. The number of fused-ring (bicyclic) bond motifs is 1.